The molecular formula is C11H13BrN2O. The Kier molecular flexibility index (Phi) is 3.91. The number of likely N-dealkylation sites (N-methyl/N-ethyl adjacent to an activating group) is 1. The molecule has 0 aliphatic carbocycles. The molecule has 0 fully saturated rings. The van der Waals surface area contributed by atoms with Crippen LogP contribution in [0, 0.1) is 0 Å². The smallest absolute Gasteiger partial charge is 0.224 e. The number of amides is 1. The highest BCUT2D eigenvalue weighted by molar-refractivity contribution is 8.93. The Labute approximate surface area is 98.6 Å². The largest absolute Gasteiger partial charge is 0.366 e. The number of halogens is 1. The molecule has 0 spiro atoms. The minimum atomic E-state index is 0. The summed E-state index contributed by atoms with van der Waals surface area (Å²) in [5.41, 5.74) is 1.04. The lowest BCUT2D eigenvalue weighted by atomic mass is 10.1. The first-order valence-corrected chi connectivity index (χ1v) is 4.55. The van der Waals surface area contributed by atoms with Gasteiger partial charge in [-0.1, -0.05) is 12.1 Å². The van der Waals surface area contributed by atoms with Gasteiger partial charge in [0.05, 0.1) is 6.42 Å². The molecule has 1 heterocycles. The van der Waals surface area contributed by atoms with Crippen LogP contribution in [0.2, 0.25) is 0 Å². The second-order valence-electron chi connectivity index (χ2n) is 3.27. The number of nitrogens with one attached hydrogen (secondary N) is 2. The van der Waals surface area contributed by atoms with E-state index < -0.39 is 0 Å². The maximum absolute atomic E-state index is 11.1. The number of benzene rings is 1. The van der Waals surface area contributed by atoms with E-state index in [-0.39, 0.29) is 22.9 Å². The number of carbonyl (C=O) groups is 1. The number of carbonyl (C=O) groups excluding carboxylic acids is 1. The summed E-state index contributed by atoms with van der Waals surface area (Å²) < 4.78 is 0. The van der Waals surface area contributed by atoms with Crippen molar-refractivity contribution in [3.63, 3.8) is 0 Å². The molecule has 0 bridgehead atoms. The highest BCUT2D eigenvalue weighted by Crippen LogP contribution is 2.15. The number of aromatic nitrogens is 1. The average molecular weight is 269 g/mol. The van der Waals surface area contributed by atoms with Crippen LogP contribution in [0.4, 0.5) is 0 Å². The van der Waals surface area contributed by atoms with Crippen LogP contribution in [0.3, 0.4) is 0 Å². The lowest BCUT2D eigenvalue weighted by Gasteiger charge is -2.00. The standard InChI is InChI=1S/C11H12N2O.BrH/c1-12-11(14)5-8-2-3-9-6-13-7-10(9)4-8;/h2-4,6-7,13H,5H2,1H3,(H,12,14);1H. The van der Waals surface area contributed by atoms with Crippen molar-refractivity contribution in [3.8, 4) is 0 Å². The van der Waals surface area contributed by atoms with Crippen LogP contribution in [0.15, 0.2) is 30.6 Å². The monoisotopic (exact) mass is 268 g/mol. The van der Waals surface area contributed by atoms with Crippen LogP contribution in [0.25, 0.3) is 10.8 Å². The van der Waals surface area contributed by atoms with E-state index in [2.05, 4.69) is 10.3 Å². The van der Waals surface area contributed by atoms with Crippen molar-refractivity contribution in [3.05, 3.63) is 36.2 Å². The predicted octanol–water partition coefficient (Wildman–Crippen LogP) is 2.03. The predicted molar refractivity (Wildman–Crippen MR) is 66.4 cm³/mol. The minimum Gasteiger partial charge on any atom is -0.366 e. The lowest BCUT2D eigenvalue weighted by molar-refractivity contribution is -0.119. The molecule has 3 nitrogen and oxygen atoms in total. The van der Waals surface area contributed by atoms with Crippen LogP contribution < -0.4 is 5.32 Å². The molecule has 15 heavy (non-hydrogen) atoms. The van der Waals surface area contributed by atoms with Gasteiger partial charge in [-0.2, -0.15) is 0 Å². The van der Waals surface area contributed by atoms with Gasteiger partial charge in [0.25, 0.3) is 0 Å². The van der Waals surface area contributed by atoms with E-state index in [4.69, 9.17) is 0 Å². The summed E-state index contributed by atoms with van der Waals surface area (Å²) >= 11 is 0. The van der Waals surface area contributed by atoms with Gasteiger partial charge >= 0.3 is 0 Å². The molecule has 0 saturated heterocycles. The summed E-state index contributed by atoms with van der Waals surface area (Å²) in [5.74, 6) is 0.0416. The number of hydrogen-bond donors (Lipinski definition) is 2. The van der Waals surface area contributed by atoms with Crippen molar-refractivity contribution >= 4 is 33.7 Å². The zero-order valence-corrected chi connectivity index (χ0v) is 10.1. The molecule has 0 atom stereocenters. The van der Waals surface area contributed by atoms with Crippen molar-refractivity contribution in [2.24, 2.45) is 0 Å². The molecule has 80 valence electrons. The quantitative estimate of drug-likeness (QED) is 0.860. The van der Waals surface area contributed by atoms with Gasteiger partial charge < -0.3 is 10.3 Å². The topological polar surface area (TPSA) is 44.9 Å². The summed E-state index contributed by atoms with van der Waals surface area (Å²) in [4.78, 5) is 14.2. The van der Waals surface area contributed by atoms with E-state index in [0.717, 1.165) is 10.9 Å². The third kappa shape index (κ3) is 2.59. The third-order valence-electron chi connectivity index (χ3n) is 2.27. The maximum Gasteiger partial charge on any atom is 0.224 e. The van der Waals surface area contributed by atoms with Crippen LogP contribution in [0.1, 0.15) is 5.56 Å². The SMILES string of the molecule is Br.CNC(=O)Cc1ccc2c[nH]cc2c1. The average Bonchev–Trinajstić information content (AvgIpc) is 2.64. The van der Waals surface area contributed by atoms with E-state index in [1.807, 2.05) is 30.6 Å². The van der Waals surface area contributed by atoms with Crippen LogP contribution in [-0.4, -0.2) is 17.9 Å². The summed E-state index contributed by atoms with van der Waals surface area (Å²) in [7, 11) is 1.65. The highest BCUT2D eigenvalue weighted by Gasteiger charge is 2.01. The molecule has 0 aliphatic heterocycles. The Morgan fingerprint density at radius 2 is 2.07 bits per heavy atom. The lowest BCUT2D eigenvalue weighted by Crippen LogP contribution is -2.19. The van der Waals surface area contributed by atoms with Crippen molar-refractivity contribution < 1.29 is 4.79 Å². The van der Waals surface area contributed by atoms with Gasteiger partial charge in [-0.3, -0.25) is 4.79 Å². The van der Waals surface area contributed by atoms with E-state index in [1.165, 1.54) is 5.39 Å². The molecule has 0 saturated carbocycles. The van der Waals surface area contributed by atoms with Gasteiger partial charge in [-0.05, 0) is 22.4 Å². The Balaban J connectivity index is 0.00000112. The fourth-order valence-corrected chi connectivity index (χ4v) is 1.49. The van der Waals surface area contributed by atoms with Crippen LogP contribution in [-0.2, 0) is 11.2 Å². The van der Waals surface area contributed by atoms with Gasteiger partial charge in [0.1, 0.15) is 0 Å². The molecule has 2 N–H and O–H groups in total. The fourth-order valence-electron chi connectivity index (χ4n) is 1.49. The molecule has 0 aliphatic rings. The van der Waals surface area contributed by atoms with Gasteiger partial charge in [0.2, 0.25) is 5.91 Å². The fraction of sp³-hybridized carbons (Fsp3) is 0.182. The van der Waals surface area contributed by atoms with Crippen molar-refractivity contribution in [2.75, 3.05) is 7.05 Å². The van der Waals surface area contributed by atoms with Gasteiger partial charge in [-0.25, -0.2) is 0 Å². The summed E-state index contributed by atoms with van der Waals surface area (Å²) in [5, 5.41) is 4.93. The summed E-state index contributed by atoms with van der Waals surface area (Å²) in [6, 6.07) is 6.02. The van der Waals surface area contributed by atoms with E-state index in [9.17, 15) is 4.79 Å². The van der Waals surface area contributed by atoms with E-state index >= 15 is 0 Å². The summed E-state index contributed by atoms with van der Waals surface area (Å²) in [6.45, 7) is 0. The van der Waals surface area contributed by atoms with E-state index in [1.54, 1.807) is 7.05 Å². The van der Waals surface area contributed by atoms with Crippen molar-refractivity contribution in [1.82, 2.24) is 10.3 Å². The molecule has 2 rings (SSSR count). The first-order valence-electron chi connectivity index (χ1n) is 4.55. The van der Waals surface area contributed by atoms with Gasteiger partial charge in [0.15, 0.2) is 0 Å². The second kappa shape index (κ2) is 4.98. The molecule has 4 heteroatoms. The Bertz CT molecular complexity index is 464. The second-order valence-corrected chi connectivity index (χ2v) is 3.27. The van der Waals surface area contributed by atoms with Crippen LogP contribution in [0.5, 0.6) is 0 Å². The van der Waals surface area contributed by atoms with Gasteiger partial charge in [0, 0.05) is 19.4 Å². The van der Waals surface area contributed by atoms with Gasteiger partial charge in [-0.15, -0.1) is 17.0 Å². The molecule has 0 unspecified atom stereocenters. The molecule has 1 aromatic carbocycles. The number of hydrogen-bond acceptors (Lipinski definition) is 1. The normalized spacial score (nSPS) is 9.67. The number of rotatable bonds is 2. The van der Waals surface area contributed by atoms with Crippen molar-refractivity contribution in [2.45, 2.75) is 6.42 Å². The number of H-pyrrole nitrogens is 1. The number of aromatic amines is 1. The summed E-state index contributed by atoms with van der Waals surface area (Å²) in [6.07, 6.45) is 4.32. The zero-order valence-electron chi connectivity index (χ0n) is 8.41. The van der Waals surface area contributed by atoms with E-state index in [0.29, 0.717) is 6.42 Å². The molecule has 1 amide bonds. The zero-order chi connectivity index (χ0) is 9.97. The first-order chi connectivity index (χ1) is 6.79. The molecule has 1 aromatic heterocycles. The Morgan fingerprint density at radius 3 is 2.80 bits per heavy atom. The molecule has 2 aromatic rings. The minimum absolute atomic E-state index is 0. The van der Waals surface area contributed by atoms with Crippen molar-refractivity contribution in [1.29, 1.82) is 0 Å². The Morgan fingerprint density at radius 1 is 1.33 bits per heavy atom. The molecule has 0 radical (unpaired) electrons. The van der Waals surface area contributed by atoms with Crippen LogP contribution >= 0.6 is 17.0 Å². The molecular weight excluding hydrogens is 256 g/mol. The maximum atomic E-state index is 11.1. The third-order valence-corrected chi connectivity index (χ3v) is 2.27. The first kappa shape index (κ1) is 11.8. The number of fused-ring (bicyclic) bond motifs is 1. The Hall–Kier alpha value is -1.29. The highest BCUT2D eigenvalue weighted by atomic mass is 79.9.